The van der Waals surface area contributed by atoms with Gasteiger partial charge in [0.2, 0.25) is 5.91 Å². The molecule has 5 nitrogen and oxygen atoms in total. The summed E-state index contributed by atoms with van der Waals surface area (Å²) in [7, 11) is 0. The molecule has 0 saturated carbocycles. The van der Waals surface area contributed by atoms with Crippen LogP contribution >= 0.6 is 11.3 Å². The molecule has 0 aromatic carbocycles. The Morgan fingerprint density at radius 3 is 3.00 bits per heavy atom. The third kappa shape index (κ3) is 4.65. The summed E-state index contributed by atoms with van der Waals surface area (Å²) in [6.07, 6.45) is 2.53. The van der Waals surface area contributed by atoms with E-state index in [2.05, 4.69) is 10.6 Å². The van der Waals surface area contributed by atoms with E-state index in [1.165, 1.54) is 11.3 Å². The fourth-order valence-corrected chi connectivity index (χ4v) is 2.55. The molecule has 104 valence electrons. The molecule has 19 heavy (non-hydrogen) atoms. The van der Waals surface area contributed by atoms with Crippen LogP contribution < -0.4 is 10.6 Å². The van der Waals surface area contributed by atoms with Crippen LogP contribution in [0.4, 0.5) is 0 Å². The highest BCUT2D eigenvalue weighted by molar-refractivity contribution is 7.12. The fourth-order valence-electron chi connectivity index (χ4n) is 1.91. The summed E-state index contributed by atoms with van der Waals surface area (Å²) in [6, 6.07) is 3.59. The summed E-state index contributed by atoms with van der Waals surface area (Å²) in [5.41, 5.74) is 0. The maximum Gasteiger partial charge on any atom is 0.261 e. The predicted octanol–water partition coefficient (Wildman–Crippen LogP) is 1.16. The second-order valence-electron chi connectivity index (χ2n) is 4.42. The molecule has 1 aliphatic rings. The standard InChI is InChI=1S/C13H18N2O3S/c16-12(15-9-10-3-1-7-18-10)5-6-14-13(17)11-4-2-8-19-11/h2,4,8,10H,1,3,5-7,9H2,(H,14,17)(H,15,16). The number of nitrogens with one attached hydrogen (secondary N) is 2. The summed E-state index contributed by atoms with van der Waals surface area (Å²) in [5, 5.41) is 7.39. The Morgan fingerprint density at radius 2 is 2.32 bits per heavy atom. The largest absolute Gasteiger partial charge is 0.376 e. The number of amides is 2. The number of hydrogen-bond donors (Lipinski definition) is 2. The molecule has 1 aliphatic heterocycles. The van der Waals surface area contributed by atoms with E-state index in [1.807, 2.05) is 11.4 Å². The zero-order chi connectivity index (χ0) is 13.5. The average molecular weight is 282 g/mol. The minimum atomic E-state index is -0.123. The van der Waals surface area contributed by atoms with Gasteiger partial charge in [0.15, 0.2) is 0 Å². The van der Waals surface area contributed by atoms with Crippen molar-refractivity contribution in [3.63, 3.8) is 0 Å². The summed E-state index contributed by atoms with van der Waals surface area (Å²) in [6.45, 7) is 1.71. The number of carbonyl (C=O) groups excluding carboxylic acids is 2. The quantitative estimate of drug-likeness (QED) is 0.823. The van der Waals surface area contributed by atoms with Gasteiger partial charge in [-0.15, -0.1) is 11.3 Å². The van der Waals surface area contributed by atoms with Crippen molar-refractivity contribution in [1.82, 2.24) is 10.6 Å². The van der Waals surface area contributed by atoms with E-state index in [0.717, 1.165) is 19.4 Å². The van der Waals surface area contributed by atoms with Crippen LogP contribution in [0.2, 0.25) is 0 Å². The van der Waals surface area contributed by atoms with Crippen molar-refractivity contribution >= 4 is 23.2 Å². The summed E-state index contributed by atoms with van der Waals surface area (Å²) >= 11 is 1.39. The van der Waals surface area contributed by atoms with Crippen molar-refractivity contribution < 1.29 is 14.3 Å². The molecule has 0 radical (unpaired) electrons. The Balaban J connectivity index is 1.57. The molecule has 1 aromatic heterocycles. The van der Waals surface area contributed by atoms with E-state index in [9.17, 15) is 9.59 Å². The maximum absolute atomic E-state index is 11.6. The van der Waals surface area contributed by atoms with Gasteiger partial charge in [0, 0.05) is 26.1 Å². The van der Waals surface area contributed by atoms with E-state index in [4.69, 9.17) is 4.74 Å². The lowest BCUT2D eigenvalue weighted by Gasteiger charge is -2.10. The van der Waals surface area contributed by atoms with E-state index in [1.54, 1.807) is 6.07 Å². The highest BCUT2D eigenvalue weighted by Gasteiger charge is 2.16. The van der Waals surface area contributed by atoms with Crippen molar-refractivity contribution in [2.75, 3.05) is 19.7 Å². The smallest absolute Gasteiger partial charge is 0.261 e. The minimum Gasteiger partial charge on any atom is -0.376 e. The van der Waals surface area contributed by atoms with Gasteiger partial charge in [-0.25, -0.2) is 0 Å². The van der Waals surface area contributed by atoms with Crippen LogP contribution in [0.1, 0.15) is 28.9 Å². The average Bonchev–Trinajstić information content (AvgIpc) is 3.09. The van der Waals surface area contributed by atoms with Gasteiger partial charge in [0.05, 0.1) is 11.0 Å². The minimum absolute atomic E-state index is 0.0537. The topological polar surface area (TPSA) is 67.4 Å². The third-order valence-corrected chi connectivity index (χ3v) is 3.80. The van der Waals surface area contributed by atoms with Gasteiger partial charge in [0.1, 0.15) is 0 Å². The summed E-state index contributed by atoms with van der Waals surface area (Å²) < 4.78 is 5.41. The fraction of sp³-hybridized carbons (Fsp3) is 0.538. The molecule has 1 atom stereocenters. The number of carbonyl (C=O) groups is 2. The normalized spacial score (nSPS) is 18.2. The molecule has 0 bridgehead atoms. The van der Waals surface area contributed by atoms with Crippen molar-refractivity contribution in [2.45, 2.75) is 25.4 Å². The molecule has 2 amide bonds. The predicted molar refractivity (Wildman–Crippen MR) is 73.3 cm³/mol. The van der Waals surface area contributed by atoms with Gasteiger partial charge in [-0.3, -0.25) is 9.59 Å². The van der Waals surface area contributed by atoms with E-state index >= 15 is 0 Å². The van der Waals surface area contributed by atoms with Crippen molar-refractivity contribution in [3.8, 4) is 0 Å². The maximum atomic E-state index is 11.6. The monoisotopic (exact) mass is 282 g/mol. The van der Waals surface area contributed by atoms with Gasteiger partial charge in [-0.2, -0.15) is 0 Å². The Morgan fingerprint density at radius 1 is 1.42 bits per heavy atom. The van der Waals surface area contributed by atoms with Crippen molar-refractivity contribution in [1.29, 1.82) is 0 Å². The van der Waals surface area contributed by atoms with Crippen LogP contribution in [0.3, 0.4) is 0 Å². The van der Waals surface area contributed by atoms with Crippen LogP contribution in [0, 0.1) is 0 Å². The molecule has 2 heterocycles. The van der Waals surface area contributed by atoms with Crippen LogP contribution in [-0.4, -0.2) is 37.6 Å². The number of thiophene rings is 1. The van der Waals surface area contributed by atoms with Gasteiger partial charge in [0.25, 0.3) is 5.91 Å². The SMILES string of the molecule is O=C(CCNC(=O)c1cccs1)NCC1CCCO1. The lowest BCUT2D eigenvalue weighted by Crippen LogP contribution is -2.34. The lowest BCUT2D eigenvalue weighted by atomic mass is 10.2. The van der Waals surface area contributed by atoms with Crippen LogP contribution in [0.5, 0.6) is 0 Å². The molecular weight excluding hydrogens is 264 g/mol. The number of hydrogen-bond acceptors (Lipinski definition) is 4. The van der Waals surface area contributed by atoms with E-state index in [-0.39, 0.29) is 17.9 Å². The van der Waals surface area contributed by atoms with Gasteiger partial charge in [-0.1, -0.05) is 6.07 Å². The zero-order valence-corrected chi connectivity index (χ0v) is 11.5. The first-order valence-corrected chi connectivity index (χ1v) is 7.33. The molecule has 2 N–H and O–H groups in total. The molecule has 1 unspecified atom stereocenters. The molecule has 2 rings (SSSR count). The van der Waals surface area contributed by atoms with E-state index in [0.29, 0.717) is 24.4 Å². The molecular formula is C13H18N2O3S. The molecule has 0 aliphatic carbocycles. The second kappa shape index (κ2) is 7.25. The van der Waals surface area contributed by atoms with Crippen molar-refractivity contribution in [3.05, 3.63) is 22.4 Å². The first kappa shape index (κ1) is 14.0. The van der Waals surface area contributed by atoms with Gasteiger partial charge in [-0.05, 0) is 24.3 Å². The first-order chi connectivity index (χ1) is 9.25. The molecule has 6 heteroatoms. The van der Waals surface area contributed by atoms with Gasteiger partial charge < -0.3 is 15.4 Å². The second-order valence-corrected chi connectivity index (χ2v) is 5.37. The Bertz CT molecular complexity index is 414. The molecule has 1 saturated heterocycles. The number of rotatable bonds is 6. The summed E-state index contributed by atoms with van der Waals surface area (Å²) in [4.78, 5) is 23.8. The third-order valence-electron chi connectivity index (χ3n) is 2.93. The molecule has 1 fully saturated rings. The van der Waals surface area contributed by atoms with Crippen LogP contribution in [0.15, 0.2) is 17.5 Å². The van der Waals surface area contributed by atoms with Crippen LogP contribution in [0.25, 0.3) is 0 Å². The van der Waals surface area contributed by atoms with E-state index < -0.39 is 0 Å². The van der Waals surface area contributed by atoms with Crippen molar-refractivity contribution in [2.24, 2.45) is 0 Å². The molecule has 1 aromatic rings. The Hall–Kier alpha value is -1.40. The number of ether oxygens (including phenoxy) is 1. The highest BCUT2D eigenvalue weighted by atomic mass is 32.1. The lowest BCUT2D eigenvalue weighted by molar-refractivity contribution is -0.121. The molecule has 0 spiro atoms. The van der Waals surface area contributed by atoms with Gasteiger partial charge >= 0.3 is 0 Å². The highest BCUT2D eigenvalue weighted by Crippen LogP contribution is 2.10. The zero-order valence-electron chi connectivity index (χ0n) is 10.7. The Kier molecular flexibility index (Phi) is 5.35. The first-order valence-electron chi connectivity index (χ1n) is 6.45. The summed E-state index contributed by atoms with van der Waals surface area (Å²) in [5.74, 6) is -0.177. The Labute approximate surface area is 116 Å². The van der Waals surface area contributed by atoms with Crippen LogP contribution in [-0.2, 0) is 9.53 Å².